The minimum atomic E-state index is 0.192. The number of hydrogen-bond acceptors (Lipinski definition) is 1. The van der Waals surface area contributed by atoms with Crippen LogP contribution in [0.1, 0.15) is 27.2 Å². The Morgan fingerprint density at radius 3 is 2.40 bits per heavy atom. The number of carbonyl (C=O) groups is 1. The lowest BCUT2D eigenvalue weighted by atomic mass is 9.61. The third-order valence-electron chi connectivity index (χ3n) is 2.20. The summed E-state index contributed by atoms with van der Waals surface area (Å²) in [6.07, 6.45) is 4.72. The Kier molecular flexibility index (Phi) is 1.67. The fourth-order valence-corrected chi connectivity index (χ4v) is 1.53. The van der Waals surface area contributed by atoms with Gasteiger partial charge in [0.2, 0.25) is 0 Å². The van der Waals surface area contributed by atoms with E-state index in [1.165, 1.54) is 0 Å². The van der Waals surface area contributed by atoms with Crippen molar-refractivity contribution < 1.29 is 4.79 Å². The van der Waals surface area contributed by atoms with Gasteiger partial charge in [-0.1, -0.05) is 26.0 Å². The van der Waals surface area contributed by atoms with Crippen molar-refractivity contribution in [3.8, 4) is 0 Å². The summed E-state index contributed by atoms with van der Waals surface area (Å²) >= 11 is 0. The fraction of sp³-hybridized carbons (Fsp3) is 0.667. The molecule has 1 aliphatic rings. The summed E-state index contributed by atoms with van der Waals surface area (Å²) in [4.78, 5) is 11.0. The van der Waals surface area contributed by atoms with E-state index in [0.717, 1.165) is 6.42 Å². The summed E-state index contributed by atoms with van der Waals surface area (Å²) in [5.41, 5.74) is 0.226. The summed E-state index contributed by atoms with van der Waals surface area (Å²) < 4.78 is 0. The third kappa shape index (κ3) is 1.00. The van der Waals surface area contributed by atoms with Crippen molar-refractivity contribution in [1.82, 2.24) is 0 Å². The zero-order valence-electron chi connectivity index (χ0n) is 6.85. The lowest BCUT2D eigenvalue weighted by molar-refractivity contribution is -0.136. The van der Waals surface area contributed by atoms with Crippen LogP contribution in [-0.4, -0.2) is 5.78 Å². The number of Topliss-reactive ketones (excluding diaryl/α,β-unsaturated/α-hetero) is 1. The van der Waals surface area contributed by atoms with Gasteiger partial charge < -0.3 is 0 Å². The Labute approximate surface area is 62.1 Å². The largest absolute Gasteiger partial charge is 0.299 e. The van der Waals surface area contributed by atoms with Crippen molar-refractivity contribution >= 4 is 5.78 Å². The molecule has 1 aliphatic carbocycles. The molecule has 1 nitrogen and oxygen atoms in total. The first-order chi connectivity index (χ1) is 4.58. The molecule has 1 atom stereocenters. The maximum absolute atomic E-state index is 11.0. The summed E-state index contributed by atoms with van der Waals surface area (Å²) in [6, 6.07) is 0. The number of ketones is 1. The minimum absolute atomic E-state index is 0.192. The molecule has 1 saturated carbocycles. The molecule has 10 heavy (non-hydrogen) atoms. The van der Waals surface area contributed by atoms with Gasteiger partial charge in [0.05, 0.1) is 0 Å². The van der Waals surface area contributed by atoms with E-state index in [2.05, 4.69) is 13.8 Å². The molecule has 0 N–H and O–H groups in total. The molecule has 0 aromatic rings. The Bertz CT molecular complexity index is 177. The molecule has 0 radical (unpaired) electrons. The first kappa shape index (κ1) is 7.52. The van der Waals surface area contributed by atoms with Gasteiger partial charge in [0.15, 0.2) is 0 Å². The molecule has 0 aromatic heterocycles. The van der Waals surface area contributed by atoms with Crippen LogP contribution in [0.15, 0.2) is 12.2 Å². The number of hydrogen-bond donors (Lipinski definition) is 0. The SMILES string of the molecule is C/C=C/C1C(=O)CC1(C)C. The van der Waals surface area contributed by atoms with E-state index in [1.54, 1.807) is 0 Å². The number of allylic oxidation sites excluding steroid dienone is 2. The third-order valence-corrected chi connectivity index (χ3v) is 2.20. The Morgan fingerprint density at radius 2 is 2.20 bits per heavy atom. The van der Waals surface area contributed by atoms with Crippen molar-refractivity contribution in [2.24, 2.45) is 11.3 Å². The zero-order chi connectivity index (χ0) is 7.78. The molecular formula is C9H14O. The molecule has 0 heterocycles. The molecule has 1 fully saturated rings. The minimum Gasteiger partial charge on any atom is -0.299 e. The molecule has 1 rings (SSSR count). The van der Waals surface area contributed by atoms with E-state index in [-0.39, 0.29) is 11.3 Å². The van der Waals surface area contributed by atoms with Gasteiger partial charge in [-0.3, -0.25) is 4.79 Å². The van der Waals surface area contributed by atoms with Crippen molar-refractivity contribution in [2.75, 3.05) is 0 Å². The second-order valence-electron chi connectivity index (χ2n) is 3.64. The fourth-order valence-electron chi connectivity index (χ4n) is 1.53. The van der Waals surface area contributed by atoms with Gasteiger partial charge in [0, 0.05) is 12.3 Å². The van der Waals surface area contributed by atoms with Crippen LogP contribution in [-0.2, 0) is 4.79 Å². The van der Waals surface area contributed by atoms with Gasteiger partial charge in [-0.2, -0.15) is 0 Å². The summed E-state index contributed by atoms with van der Waals surface area (Å²) in [5.74, 6) is 0.584. The van der Waals surface area contributed by atoms with Crippen LogP contribution < -0.4 is 0 Å². The van der Waals surface area contributed by atoms with Crippen molar-refractivity contribution in [3.63, 3.8) is 0 Å². The Balaban J connectivity index is 2.65. The Hall–Kier alpha value is -0.590. The standard InChI is InChI=1S/C9H14O/c1-4-5-7-8(10)6-9(7,2)3/h4-5,7H,6H2,1-3H3/b5-4+. The summed E-state index contributed by atoms with van der Waals surface area (Å²) in [7, 11) is 0. The lowest BCUT2D eigenvalue weighted by Crippen LogP contribution is -2.42. The first-order valence-electron chi connectivity index (χ1n) is 3.73. The van der Waals surface area contributed by atoms with Crippen molar-refractivity contribution in [2.45, 2.75) is 27.2 Å². The van der Waals surface area contributed by atoms with E-state index in [4.69, 9.17) is 0 Å². The van der Waals surface area contributed by atoms with E-state index < -0.39 is 0 Å². The quantitative estimate of drug-likeness (QED) is 0.507. The van der Waals surface area contributed by atoms with Gasteiger partial charge in [-0.25, -0.2) is 0 Å². The number of rotatable bonds is 1. The topological polar surface area (TPSA) is 17.1 Å². The maximum Gasteiger partial charge on any atom is 0.140 e. The lowest BCUT2D eigenvalue weighted by Gasteiger charge is -2.40. The zero-order valence-corrected chi connectivity index (χ0v) is 6.85. The van der Waals surface area contributed by atoms with Crippen LogP contribution in [0.3, 0.4) is 0 Å². The Morgan fingerprint density at radius 1 is 1.60 bits per heavy atom. The van der Waals surface area contributed by atoms with Gasteiger partial charge in [-0.05, 0) is 12.3 Å². The molecule has 0 amide bonds. The average Bonchev–Trinajstić information content (AvgIpc) is 1.82. The highest BCUT2D eigenvalue weighted by atomic mass is 16.1. The molecule has 1 unspecified atom stereocenters. The van der Waals surface area contributed by atoms with Crippen LogP contribution in [0.25, 0.3) is 0 Å². The van der Waals surface area contributed by atoms with Crippen LogP contribution in [0.4, 0.5) is 0 Å². The van der Waals surface area contributed by atoms with Gasteiger partial charge in [0.1, 0.15) is 5.78 Å². The normalized spacial score (nSPS) is 30.7. The summed E-state index contributed by atoms with van der Waals surface area (Å²) in [5, 5.41) is 0. The second-order valence-corrected chi connectivity index (χ2v) is 3.64. The molecule has 0 aromatic carbocycles. The van der Waals surface area contributed by atoms with E-state index in [1.807, 2.05) is 19.1 Å². The van der Waals surface area contributed by atoms with E-state index in [9.17, 15) is 4.79 Å². The van der Waals surface area contributed by atoms with Gasteiger partial charge in [-0.15, -0.1) is 0 Å². The van der Waals surface area contributed by atoms with Crippen molar-refractivity contribution in [1.29, 1.82) is 0 Å². The number of carbonyl (C=O) groups excluding carboxylic acids is 1. The molecular weight excluding hydrogens is 124 g/mol. The predicted molar refractivity (Wildman–Crippen MR) is 41.7 cm³/mol. The van der Waals surface area contributed by atoms with Crippen LogP contribution in [0.2, 0.25) is 0 Å². The molecule has 0 aliphatic heterocycles. The monoisotopic (exact) mass is 138 g/mol. The van der Waals surface area contributed by atoms with E-state index in [0.29, 0.717) is 5.78 Å². The second kappa shape index (κ2) is 2.22. The molecule has 0 spiro atoms. The van der Waals surface area contributed by atoms with E-state index >= 15 is 0 Å². The highest BCUT2D eigenvalue weighted by Crippen LogP contribution is 2.43. The smallest absolute Gasteiger partial charge is 0.140 e. The van der Waals surface area contributed by atoms with Gasteiger partial charge in [0.25, 0.3) is 0 Å². The van der Waals surface area contributed by atoms with Gasteiger partial charge >= 0.3 is 0 Å². The maximum atomic E-state index is 11.0. The molecule has 0 saturated heterocycles. The summed E-state index contributed by atoms with van der Waals surface area (Å²) in [6.45, 7) is 6.24. The molecule has 0 bridgehead atoms. The van der Waals surface area contributed by atoms with Crippen LogP contribution >= 0.6 is 0 Å². The predicted octanol–water partition coefficient (Wildman–Crippen LogP) is 2.18. The van der Waals surface area contributed by atoms with Crippen LogP contribution in [0, 0.1) is 11.3 Å². The van der Waals surface area contributed by atoms with Crippen LogP contribution in [0.5, 0.6) is 0 Å². The average molecular weight is 138 g/mol. The molecule has 1 heteroatoms. The highest BCUT2D eigenvalue weighted by Gasteiger charge is 2.44. The molecule has 56 valence electrons. The highest BCUT2D eigenvalue weighted by molar-refractivity contribution is 5.90. The first-order valence-corrected chi connectivity index (χ1v) is 3.73. The van der Waals surface area contributed by atoms with Crippen molar-refractivity contribution in [3.05, 3.63) is 12.2 Å².